The van der Waals surface area contributed by atoms with Crippen LogP contribution in [0.15, 0.2) is 54.6 Å². The molecule has 26 heavy (non-hydrogen) atoms. The van der Waals surface area contributed by atoms with Crippen LogP contribution in [0.25, 0.3) is 0 Å². The maximum Gasteiger partial charge on any atom is 0.276 e. The Hall–Kier alpha value is -2.82. The van der Waals surface area contributed by atoms with Gasteiger partial charge in [0, 0.05) is 6.42 Å². The zero-order chi connectivity index (χ0) is 19.0. The van der Waals surface area contributed by atoms with Crippen LogP contribution < -0.4 is 15.6 Å². The molecule has 0 saturated carbocycles. The van der Waals surface area contributed by atoms with Gasteiger partial charge in [-0.1, -0.05) is 69.3 Å². The first-order valence-corrected chi connectivity index (χ1v) is 8.70. The van der Waals surface area contributed by atoms with Gasteiger partial charge in [0.05, 0.1) is 0 Å². The third kappa shape index (κ3) is 6.24. The Morgan fingerprint density at radius 1 is 0.885 bits per heavy atom. The molecule has 0 spiro atoms. The number of hydrogen-bond acceptors (Lipinski definition) is 3. The standard InChI is InChI=1S/C21H26N2O3/c1-21(2,3)17-11-7-8-12-18(17)26-15-20(25)23-22-19(24)14-13-16-9-5-4-6-10-16/h4-12H,13-15H2,1-3H3,(H,22,24)(H,23,25). The number of carbonyl (C=O) groups excluding carboxylic acids is 2. The smallest absolute Gasteiger partial charge is 0.276 e. The van der Waals surface area contributed by atoms with E-state index in [0.29, 0.717) is 18.6 Å². The molecular weight excluding hydrogens is 328 g/mol. The van der Waals surface area contributed by atoms with E-state index in [9.17, 15) is 9.59 Å². The van der Waals surface area contributed by atoms with Crippen molar-refractivity contribution in [2.24, 2.45) is 0 Å². The van der Waals surface area contributed by atoms with Crippen LogP contribution in [0.2, 0.25) is 0 Å². The monoisotopic (exact) mass is 354 g/mol. The van der Waals surface area contributed by atoms with Crippen molar-refractivity contribution in [1.82, 2.24) is 10.9 Å². The fourth-order valence-electron chi connectivity index (χ4n) is 2.50. The molecule has 0 aliphatic carbocycles. The summed E-state index contributed by atoms with van der Waals surface area (Å²) in [5, 5.41) is 0. The molecule has 2 aromatic rings. The average Bonchev–Trinajstić information content (AvgIpc) is 2.63. The zero-order valence-electron chi connectivity index (χ0n) is 15.5. The number of amides is 2. The van der Waals surface area contributed by atoms with Gasteiger partial charge in [0.15, 0.2) is 6.61 Å². The van der Waals surface area contributed by atoms with E-state index in [-0.39, 0.29) is 17.9 Å². The summed E-state index contributed by atoms with van der Waals surface area (Å²) in [5.74, 6) is 0.0321. The van der Waals surface area contributed by atoms with Crippen LogP contribution in [0.3, 0.4) is 0 Å². The van der Waals surface area contributed by atoms with Crippen molar-refractivity contribution in [3.05, 3.63) is 65.7 Å². The number of rotatable bonds is 6. The number of hydrazine groups is 1. The Labute approximate surface area is 154 Å². The maximum absolute atomic E-state index is 11.9. The number of benzene rings is 2. The van der Waals surface area contributed by atoms with Gasteiger partial charge in [-0.3, -0.25) is 20.4 Å². The van der Waals surface area contributed by atoms with Crippen LogP contribution in [-0.4, -0.2) is 18.4 Å². The van der Waals surface area contributed by atoms with E-state index >= 15 is 0 Å². The first-order valence-electron chi connectivity index (χ1n) is 8.70. The highest BCUT2D eigenvalue weighted by Crippen LogP contribution is 2.30. The summed E-state index contributed by atoms with van der Waals surface area (Å²) >= 11 is 0. The van der Waals surface area contributed by atoms with E-state index in [1.807, 2.05) is 54.6 Å². The van der Waals surface area contributed by atoms with Crippen molar-refractivity contribution in [3.63, 3.8) is 0 Å². The molecule has 5 heteroatoms. The van der Waals surface area contributed by atoms with Crippen LogP contribution >= 0.6 is 0 Å². The third-order valence-corrected chi connectivity index (χ3v) is 3.88. The Kier molecular flexibility index (Phi) is 6.78. The molecule has 0 aliphatic heterocycles. The molecule has 2 aromatic carbocycles. The second-order valence-electron chi connectivity index (χ2n) is 7.12. The van der Waals surface area contributed by atoms with Gasteiger partial charge in [0.1, 0.15) is 5.75 Å². The van der Waals surface area contributed by atoms with Crippen molar-refractivity contribution in [2.45, 2.75) is 39.0 Å². The van der Waals surface area contributed by atoms with Crippen LogP contribution in [0.1, 0.15) is 38.3 Å². The second-order valence-corrected chi connectivity index (χ2v) is 7.12. The van der Waals surface area contributed by atoms with E-state index in [1.165, 1.54) is 0 Å². The Balaban J connectivity index is 1.75. The lowest BCUT2D eigenvalue weighted by Gasteiger charge is -2.22. The molecule has 0 heterocycles. The minimum Gasteiger partial charge on any atom is -0.483 e. The summed E-state index contributed by atoms with van der Waals surface area (Å²) in [4.78, 5) is 23.7. The van der Waals surface area contributed by atoms with Gasteiger partial charge in [-0.25, -0.2) is 0 Å². The fourth-order valence-corrected chi connectivity index (χ4v) is 2.50. The van der Waals surface area contributed by atoms with Gasteiger partial charge >= 0.3 is 0 Å². The minimum absolute atomic E-state index is 0.0846. The Morgan fingerprint density at radius 3 is 2.19 bits per heavy atom. The topological polar surface area (TPSA) is 67.4 Å². The van der Waals surface area contributed by atoms with E-state index in [2.05, 4.69) is 31.6 Å². The highest BCUT2D eigenvalue weighted by atomic mass is 16.5. The van der Waals surface area contributed by atoms with Crippen LogP contribution in [0.5, 0.6) is 5.75 Å². The third-order valence-electron chi connectivity index (χ3n) is 3.88. The summed E-state index contributed by atoms with van der Waals surface area (Å²) in [5.41, 5.74) is 6.82. The number of para-hydroxylation sites is 1. The highest BCUT2D eigenvalue weighted by Gasteiger charge is 2.18. The quantitative estimate of drug-likeness (QED) is 0.783. The van der Waals surface area contributed by atoms with E-state index in [0.717, 1.165) is 11.1 Å². The van der Waals surface area contributed by atoms with Crippen molar-refractivity contribution in [3.8, 4) is 5.75 Å². The minimum atomic E-state index is -0.401. The normalized spacial score (nSPS) is 10.9. The molecule has 0 bridgehead atoms. The van der Waals surface area contributed by atoms with Gasteiger partial charge in [-0.05, 0) is 29.0 Å². The Morgan fingerprint density at radius 2 is 1.50 bits per heavy atom. The van der Waals surface area contributed by atoms with Crippen molar-refractivity contribution < 1.29 is 14.3 Å². The second kappa shape index (κ2) is 9.04. The number of aryl methyl sites for hydroxylation is 1. The molecule has 0 unspecified atom stereocenters. The maximum atomic E-state index is 11.9. The van der Waals surface area contributed by atoms with E-state index in [1.54, 1.807) is 0 Å². The molecule has 0 atom stereocenters. The zero-order valence-corrected chi connectivity index (χ0v) is 15.5. The van der Waals surface area contributed by atoms with Gasteiger partial charge < -0.3 is 4.74 Å². The number of ether oxygens (including phenoxy) is 1. The predicted molar refractivity (Wildman–Crippen MR) is 102 cm³/mol. The molecule has 5 nitrogen and oxygen atoms in total. The first kappa shape index (κ1) is 19.5. The lowest BCUT2D eigenvalue weighted by molar-refractivity contribution is -0.130. The molecule has 0 aromatic heterocycles. The summed E-state index contributed by atoms with van der Waals surface area (Å²) in [6.07, 6.45) is 0.927. The molecule has 0 aliphatic rings. The summed E-state index contributed by atoms with van der Waals surface area (Å²) in [7, 11) is 0. The van der Waals surface area contributed by atoms with Gasteiger partial charge in [-0.15, -0.1) is 0 Å². The van der Waals surface area contributed by atoms with Crippen molar-refractivity contribution >= 4 is 11.8 Å². The SMILES string of the molecule is CC(C)(C)c1ccccc1OCC(=O)NNC(=O)CCc1ccccc1. The summed E-state index contributed by atoms with van der Waals surface area (Å²) in [6, 6.07) is 17.4. The van der Waals surface area contributed by atoms with Crippen molar-refractivity contribution in [1.29, 1.82) is 0 Å². The van der Waals surface area contributed by atoms with E-state index < -0.39 is 5.91 Å². The lowest BCUT2D eigenvalue weighted by Crippen LogP contribution is -2.44. The highest BCUT2D eigenvalue weighted by molar-refractivity contribution is 5.82. The molecule has 138 valence electrons. The summed E-state index contributed by atoms with van der Waals surface area (Å²) < 4.78 is 5.62. The van der Waals surface area contributed by atoms with Gasteiger partial charge in [0.25, 0.3) is 5.91 Å². The molecule has 2 rings (SSSR count). The van der Waals surface area contributed by atoms with Crippen LogP contribution in [0, 0.1) is 0 Å². The lowest BCUT2D eigenvalue weighted by atomic mass is 9.86. The molecule has 0 fully saturated rings. The van der Waals surface area contributed by atoms with Crippen LogP contribution in [-0.2, 0) is 21.4 Å². The molecular formula is C21H26N2O3. The van der Waals surface area contributed by atoms with Crippen LogP contribution in [0.4, 0.5) is 0 Å². The van der Waals surface area contributed by atoms with E-state index in [4.69, 9.17) is 4.74 Å². The fraction of sp³-hybridized carbons (Fsp3) is 0.333. The average molecular weight is 354 g/mol. The van der Waals surface area contributed by atoms with Gasteiger partial charge in [-0.2, -0.15) is 0 Å². The van der Waals surface area contributed by atoms with Gasteiger partial charge in [0.2, 0.25) is 5.91 Å². The molecule has 2 N–H and O–H groups in total. The predicted octanol–water partition coefficient (Wildman–Crippen LogP) is 3.14. The Bertz CT molecular complexity index is 736. The molecule has 0 saturated heterocycles. The largest absolute Gasteiger partial charge is 0.483 e. The first-order chi connectivity index (χ1) is 12.4. The van der Waals surface area contributed by atoms with Crippen molar-refractivity contribution in [2.75, 3.05) is 6.61 Å². The molecule has 0 radical (unpaired) electrons. The number of nitrogens with one attached hydrogen (secondary N) is 2. The molecule has 2 amide bonds. The number of carbonyl (C=O) groups is 2. The number of hydrogen-bond donors (Lipinski definition) is 2. The summed E-state index contributed by atoms with van der Waals surface area (Å²) in [6.45, 7) is 6.10.